The van der Waals surface area contributed by atoms with E-state index in [1.54, 1.807) is 31.4 Å². The molecule has 1 fully saturated rings. The molecule has 0 aliphatic carbocycles. The summed E-state index contributed by atoms with van der Waals surface area (Å²) in [6.45, 7) is 0. The predicted octanol–water partition coefficient (Wildman–Crippen LogP) is 6.28. The molecule has 0 atom stereocenters. The average molecular weight is 520 g/mol. The first-order valence-corrected chi connectivity index (χ1v) is 10.2. The number of methoxy groups -OCH3 is 1. The summed E-state index contributed by atoms with van der Waals surface area (Å²) < 4.78 is 7.48. The zero-order valence-corrected chi connectivity index (χ0v) is 18.3. The van der Waals surface area contributed by atoms with Crippen molar-refractivity contribution in [1.29, 1.82) is 0 Å². The monoisotopic (exact) mass is 517 g/mol. The number of nitrogens with zero attached hydrogens (tertiary/aromatic N) is 1. The minimum atomic E-state index is -0.185. The summed E-state index contributed by atoms with van der Waals surface area (Å²) in [5, 5.41) is 0.518. The van der Waals surface area contributed by atoms with Crippen molar-refractivity contribution in [2.24, 2.45) is 0 Å². The molecule has 3 nitrogen and oxygen atoms in total. The molecule has 0 saturated carbocycles. The third kappa shape index (κ3) is 3.95. The highest BCUT2D eigenvalue weighted by Crippen LogP contribution is 2.39. The molecule has 0 N–H and O–H groups in total. The quantitative estimate of drug-likeness (QED) is 0.353. The maximum Gasteiger partial charge on any atom is 0.270 e. The number of anilines is 1. The number of amides is 1. The van der Waals surface area contributed by atoms with Gasteiger partial charge in [-0.2, -0.15) is 0 Å². The number of thioether (sulfide) groups is 1. The van der Waals surface area contributed by atoms with Crippen molar-refractivity contribution in [3.8, 4) is 5.75 Å². The topological polar surface area (TPSA) is 29.5 Å². The zero-order chi connectivity index (χ0) is 18.1. The van der Waals surface area contributed by atoms with Crippen LogP contribution in [0, 0.1) is 0 Å². The number of hydrogen-bond donors (Lipinski definition) is 0. The Morgan fingerprint density at radius 2 is 2.00 bits per heavy atom. The zero-order valence-electron chi connectivity index (χ0n) is 12.8. The van der Waals surface area contributed by atoms with E-state index in [-0.39, 0.29) is 5.91 Å². The minimum Gasteiger partial charge on any atom is -0.496 e. The highest BCUT2D eigenvalue weighted by Gasteiger charge is 2.33. The molecule has 8 heteroatoms. The average Bonchev–Trinajstić information content (AvgIpc) is 2.84. The molecule has 1 aliphatic rings. The van der Waals surface area contributed by atoms with Gasteiger partial charge in [0.2, 0.25) is 0 Å². The van der Waals surface area contributed by atoms with Crippen molar-refractivity contribution < 1.29 is 9.53 Å². The highest BCUT2D eigenvalue weighted by atomic mass is 79.9. The second kappa shape index (κ2) is 7.80. The Labute approximate surface area is 176 Å². The van der Waals surface area contributed by atoms with Gasteiger partial charge < -0.3 is 4.74 Å². The Kier molecular flexibility index (Phi) is 5.90. The predicted molar refractivity (Wildman–Crippen MR) is 115 cm³/mol. The third-order valence-electron chi connectivity index (χ3n) is 3.43. The first-order valence-electron chi connectivity index (χ1n) is 6.97. The van der Waals surface area contributed by atoms with Gasteiger partial charge in [-0.25, -0.2) is 0 Å². The highest BCUT2D eigenvalue weighted by molar-refractivity contribution is 9.10. The number of rotatable bonds is 3. The van der Waals surface area contributed by atoms with Crippen LogP contribution in [0.5, 0.6) is 5.75 Å². The van der Waals surface area contributed by atoms with E-state index in [2.05, 4.69) is 31.9 Å². The van der Waals surface area contributed by atoms with Gasteiger partial charge in [0.05, 0.1) is 22.7 Å². The first-order chi connectivity index (χ1) is 11.9. The standard InChI is InChI=1S/C17H10Br2ClNO2S2/c1-23-14-5-2-10(18)6-9(14)7-15-16(22)21(17(24)25-15)11-3-4-12(19)13(20)8-11/h2-8H,1H3/b15-7+. The van der Waals surface area contributed by atoms with Crippen molar-refractivity contribution in [2.75, 3.05) is 12.0 Å². The second-order valence-corrected chi connectivity index (χ2v) is 8.85. The molecule has 0 bridgehead atoms. The van der Waals surface area contributed by atoms with Crippen molar-refractivity contribution in [2.45, 2.75) is 0 Å². The molecule has 128 valence electrons. The Hall–Kier alpha value is -0.860. The van der Waals surface area contributed by atoms with Crippen molar-refractivity contribution in [1.82, 2.24) is 0 Å². The van der Waals surface area contributed by atoms with Crippen LogP contribution < -0.4 is 9.64 Å². The molecular weight excluding hydrogens is 510 g/mol. The van der Waals surface area contributed by atoms with Crippen LogP contribution in [-0.4, -0.2) is 17.3 Å². The normalized spacial score (nSPS) is 16.0. The van der Waals surface area contributed by atoms with E-state index in [1.807, 2.05) is 18.2 Å². The van der Waals surface area contributed by atoms with Crippen LogP contribution in [0.25, 0.3) is 6.08 Å². The van der Waals surface area contributed by atoms with E-state index in [0.29, 0.717) is 25.7 Å². The molecular formula is C17H10Br2ClNO2S2. The van der Waals surface area contributed by atoms with Gasteiger partial charge in [0, 0.05) is 14.5 Å². The van der Waals surface area contributed by atoms with Crippen LogP contribution in [0.15, 0.2) is 50.2 Å². The molecule has 2 aromatic rings. The SMILES string of the molecule is COc1ccc(Br)cc1/C=C1/SC(=S)N(c2ccc(Br)c(Cl)c2)C1=O. The Morgan fingerprint density at radius 1 is 1.24 bits per heavy atom. The van der Waals surface area contributed by atoms with Gasteiger partial charge in [0.15, 0.2) is 4.32 Å². The fraction of sp³-hybridized carbons (Fsp3) is 0.0588. The number of carbonyl (C=O) groups is 1. The Balaban J connectivity index is 1.99. The van der Waals surface area contributed by atoms with E-state index < -0.39 is 0 Å². The second-order valence-electron chi connectivity index (χ2n) is 5.00. The molecule has 0 aromatic heterocycles. The molecule has 2 aromatic carbocycles. The van der Waals surface area contributed by atoms with Crippen molar-refractivity contribution in [3.63, 3.8) is 0 Å². The third-order valence-corrected chi connectivity index (χ3v) is 6.46. The fourth-order valence-electron chi connectivity index (χ4n) is 2.27. The lowest BCUT2D eigenvalue weighted by Crippen LogP contribution is -2.27. The lowest BCUT2D eigenvalue weighted by Gasteiger charge is -2.15. The molecule has 0 spiro atoms. The van der Waals surface area contributed by atoms with Crippen LogP contribution in [0.2, 0.25) is 5.02 Å². The number of ether oxygens (including phenoxy) is 1. The maximum absolute atomic E-state index is 12.8. The molecule has 1 aliphatic heterocycles. The van der Waals surface area contributed by atoms with Gasteiger partial charge in [-0.3, -0.25) is 9.69 Å². The molecule has 1 saturated heterocycles. The Morgan fingerprint density at radius 3 is 2.68 bits per heavy atom. The molecule has 0 radical (unpaired) electrons. The van der Waals surface area contributed by atoms with E-state index >= 15 is 0 Å². The van der Waals surface area contributed by atoms with Crippen LogP contribution in [-0.2, 0) is 4.79 Å². The number of benzene rings is 2. The van der Waals surface area contributed by atoms with Gasteiger partial charge in [-0.1, -0.05) is 51.5 Å². The Bertz CT molecular complexity index is 918. The van der Waals surface area contributed by atoms with Crippen LogP contribution >= 0.6 is 67.4 Å². The summed E-state index contributed by atoms with van der Waals surface area (Å²) in [5.74, 6) is 0.496. The van der Waals surface area contributed by atoms with Crippen LogP contribution in [0.1, 0.15) is 5.56 Å². The summed E-state index contributed by atoms with van der Waals surface area (Å²) in [6.07, 6.45) is 1.78. The van der Waals surface area contributed by atoms with Crippen LogP contribution in [0.3, 0.4) is 0 Å². The number of halogens is 3. The van der Waals surface area contributed by atoms with Gasteiger partial charge in [-0.15, -0.1) is 0 Å². The molecule has 1 amide bonds. The summed E-state index contributed by atoms with van der Waals surface area (Å²) in [5.41, 5.74) is 1.44. The summed E-state index contributed by atoms with van der Waals surface area (Å²) in [4.78, 5) is 14.9. The van der Waals surface area contributed by atoms with E-state index in [9.17, 15) is 4.79 Å². The lowest BCUT2D eigenvalue weighted by atomic mass is 10.2. The van der Waals surface area contributed by atoms with Crippen molar-refractivity contribution in [3.05, 3.63) is 60.8 Å². The smallest absolute Gasteiger partial charge is 0.270 e. The van der Waals surface area contributed by atoms with Gasteiger partial charge in [0.25, 0.3) is 5.91 Å². The molecule has 3 rings (SSSR count). The van der Waals surface area contributed by atoms with Crippen LogP contribution in [0.4, 0.5) is 5.69 Å². The van der Waals surface area contributed by atoms with E-state index in [4.69, 9.17) is 28.6 Å². The minimum absolute atomic E-state index is 0.185. The summed E-state index contributed by atoms with van der Waals surface area (Å²) >= 11 is 19.6. The van der Waals surface area contributed by atoms with Gasteiger partial charge >= 0.3 is 0 Å². The molecule has 25 heavy (non-hydrogen) atoms. The van der Waals surface area contributed by atoms with Gasteiger partial charge in [0.1, 0.15) is 5.75 Å². The van der Waals surface area contributed by atoms with Crippen molar-refractivity contribution >= 4 is 89.4 Å². The fourth-order valence-corrected chi connectivity index (χ4v) is 4.36. The largest absolute Gasteiger partial charge is 0.496 e. The lowest BCUT2D eigenvalue weighted by molar-refractivity contribution is -0.113. The molecule has 1 heterocycles. The first kappa shape index (κ1) is 18.9. The van der Waals surface area contributed by atoms with E-state index in [0.717, 1.165) is 14.5 Å². The number of hydrogen-bond acceptors (Lipinski definition) is 4. The molecule has 0 unspecified atom stereocenters. The maximum atomic E-state index is 12.8. The van der Waals surface area contributed by atoms with Gasteiger partial charge in [-0.05, 0) is 58.4 Å². The number of thiocarbonyl (C=S) groups is 1. The number of carbonyl (C=O) groups excluding carboxylic acids is 1. The van der Waals surface area contributed by atoms with E-state index in [1.165, 1.54) is 16.7 Å². The summed E-state index contributed by atoms with van der Waals surface area (Å²) in [6, 6.07) is 10.9. The summed E-state index contributed by atoms with van der Waals surface area (Å²) in [7, 11) is 1.59.